The van der Waals surface area contributed by atoms with Crippen LogP contribution in [0.5, 0.6) is 0 Å². The number of para-hydroxylation sites is 1. The van der Waals surface area contributed by atoms with Crippen molar-refractivity contribution in [1.82, 2.24) is 9.97 Å². The molecular weight excluding hydrogens is 476 g/mol. The van der Waals surface area contributed by atoms with E-state index in [1.807, 2.05) is 18.2 Å². The third kappa shape index (κ3) is 2.87. The summed E-state index contributed by atoms with van der Waals surface area (Å²) in [6.07, 6.45) is 0. The molecule has 39 heavy (non-hydrogen) atoms. The fraction of sp³-hybridized carbons (Fsp3) is 0. The summed E-state index contributed by atoms with van der Waals surface area (Å²) in [5.41, 5.74) is 5.85. The first-order valence-corrected chi connectivity index (χ1v) is 13.2. The highest BCUT2D eigenvalue weighted by atomic mass is 16.3. The molecular formula is C36H20N2O. The lowest BCUT2D eigenvalue weighted by atomic mass is 9.91. The molecule has 0 radical (unpaired) electrons. The summed E-state index contributed by atoms with van der Waals surface area (Å²) in [6.45, 7) is 0. The van der Waals surface area contributed by atoms with Crippen molar-refractivity contribution in [3.63, 3.8) is 0 Å². The van der Waals surface area contributed by atoms with Gasteiger partial charge in [-0.1, -0.05) is 97.1 Å². The first kappa shape index (κ1) is 20.7. The van der Waals surface area contributed by atoms with Gasteiger partial charge in [0.25, 0.3) is 0 Å². The standard InChI is InChI=1S/C36H20N2O/c1-2-9-21(10-3-1)34-27-13-6-7-15-30(27)37-36(38-34)23-17-18-25-26-14-8-16-31-32(26)33-29(28(25)20-23)19-22-11-4-5-12-24(22)35(33)39-31/h1-20H. The zero-order valence-corrected chi connectivity index (χ0v) is 20.8. The lowest BCUT2D eigenvalue weighted by molar-refractivity contribution is 0.673. The minimum Gasteiger partial charge on any atom is -0.455 e. The van der Waals surface area contributed by atoms with Gasteiger partial charge in [-0.25, -0.2) is 9.97 Å². The van der Waals surface area contributed by atoms with E-state index in [0.29, 0.717) is 0 Å². The zero-order chi connectivity index (χ0) is 25.5. The quantitative estimate of drug-likeness (QED) is 0.177. The van der Waals surface area contributed by atoms with Crippen molar-refractivity contribution in [2.75, 3.05) is 0 Å². The van der Waals surface area contributed by atoms with Gasteiger partial charge in [0.1, 0.15) is 11.2 Å². The van der Waals surface area contributed by atoms with Crippen LogP contribution < -0.4 is 0 Å². The van der Waals surface area contributed by atoms with Crippen LogP contribution in [0.4, 0.5) is 0 Å². The Bertz CT molecular complexity index is 2390. The maximum atomic E-state index is 6.50. The second-order valence-corrected chi connectivity index (χ2v) is 10.2. The Morgan fingerprint density at radius 1 is 0.462 bits per heavy atom. The third-order valence-corrected chi connectivity index (χ3v) is 8.00. The van der Waals surface area contributed by atoms with Crippen LogP contribution in [0.3, 0.4) is 0 Å². The minimum absolute atomic E-state index is 0.726. The number of nitrogens with zero attached hydrogens (tertiary/aromatic N) is 2. The van der Waals surface area contributed by atoms with Crippen molar-refractivity contribution >= 4 is 65.2 Å². The Balaban J connectivity index is 1.40. The third-order valence-electron chi connectivity index (χ3n) is 8.00. The van der Waals surface area contributed by atoms with Gasteiger partial charge in [0.05, 0.1) is 11.2 Å². The minimum atomic E-state index is 0.726. The van der Waals surface area contributed by atoms with Gasteiger partial charge in [-0.3, -0.25) is 0 Å². The molecule has 7 aromatic carbocycles. The van der Waals surface area contributed by atoms with Crippen molar-refractivity contribution in [3.8, 4) is 22.6 Å². The number of hydrogen-bond donors (Lipinski definition) is 0. The van der Waals surface area contributed by atoms with E-state index >= 15 is 0 Å². The van der Waals surface area contributed by atoms with Gasteiger partial charge < -0.3 is 4.42 Å². The summed E-state index contributed by atoms with van der Waals surface area (Å²) in [4.78, 5) is 10.2. The Hall–Kier alpha value is -5.28. The molecule has 180 valence electrons. The van der Waals surface area contributed by atoms with Crippen molar-refractivity contribution in [1.29, 1.82) is 0 Å². The highest BCUT2D eigenvalue weighted by molar-refractivity contribution is 6.36. The van der Waals surface area contributed by atoms with Crippen molar-refractivity contribution in [2.24, 2.45) is 0 Å². The van der Waals surface area contributed by atoms with Crippen LogP contribution in [0.25, 0.3) is 87.8 Å². The van der Waals surface area contributed by atoms with Crippen LogP contribution in [0.2, 0.25) is 0 Å². The molecule has 3 nitrogen and oxygen atoms in total. The normalized spacial score (nSPS) is 12.1. The average molecular weight is 497 g/mol. The number of furan rings is 1. The number of hydrogen-bond acceptors (Lipinski definition) is 3. The average Bonchev–Trinajstić information content (AvgIpc) is 3.41. The van der Waals surface area contributed by atoms with Gasteiger partial charge in [0.15, 0.2) is 5.82 Å². The summed E-state index contributed by atoms with van der Waals surface area (Å²) < 4.78 is 6.50. The van der Waals surface area contributed by atoms with E-state index in [2.05, 4.69) is 103 Å². The molecule has 9 rings (SSSR count). The fourth-order valence-corrected chi connectivity index (χ4v) is 6.25. The summed E-state index contributed by atoms with van der Waals surface area (Å²) >= 11 is 0. The topological polar surface area (TPSA) is 38.9 Å². The van der Waals surface area contributed by atoms with Gasteiger partial charge in [-0.2, -0.15) is 0 Å². The molecule has 0 saturated heterocycles. The second-order valence-electron chi connectivity index (χ2n) is 10.2. The molecule has 0 bridgehead atoms. The van der Waals surface area contributed by atoms with Gasteiger partial charge in [0, 0.05) is 32.7 Å². The molecule has 0 N–H and O–H groups in total. The predicted molar refractivity (Wildman–Crippen MR) is 161 cm³/mol. The highest BCUT2D eigenvalue weighted by Gasteiger charge is 2.20. The molecule has 0 unspecified atom stereocenters. The van der Waals surface area contributed by atoms with Crippen LogP contribution in [0.15, 0.2) is 126 Å². The molecule has 2 heterocycles. The van der Waals surface area contributed by atoms with E-state index in [4.69, 9.17) is 14.4 Å². The summed E-state index contributed by atoms with van der Waals surface area (Å²) in [7, 11) is 0. The van der Waals surface area contributed by atoms with E-state index in [0.717, 1.165) is 50.1 Å². The summed E-state index contributed by atoms with van der Waals surface area (Å²) in [5.74, 6) is 0.726. The van der Waals surface area contributed by atoms with E-state index < -0.39 is 0 Å². The molecule has 0 fully saturated rings. The van der Waals surface area contributed by atoms with Crippen molar-refractivity contribution in [3.05, 3.63) is 121 Å². The molecule has 0 spiro atoms. The van der Waals surface area contributed by atoms with Crippen LogP contribution in [0.1, 0.15) is 0 Å². The summed E-state index contributed by atoms with van der Waals surface area (Å²) in [5, 5.41) is 10.5. The van der Waals surface area contributed by atoms with Crippen LogP contribution in [-0.2, 0) is 0 Å². The second kappa shape index (κ2) is 7.62. The van der Waals surface area contributed by atoms with E-state index in [-0.39, 0.29) is 0 Å². The first-order chi connectivity index (χ1) is 19.3. The molecule has 0 aliphatic heterocycles. The number of rotatable bonds is 2. The number of benzene rings is 7. The van der Waals surface area contributed by atoms with Crippen LogP contribution >= 0.6 is 0 Å². The molecule has 0 atom stereocenters. The Labute approximate surface area is 223 Å². The number of fused-ring (bicyclic) bond motifs is 6. The molecule has 9 aromatic rings. The largest absolute Gasteiger partial charge is 0.455 e. The Morgan fingerprint density at radius 3 is 2.18 bits per heavy atom. The molecule has 3 heteroatoms. The number of aromatic nitrogens is 2. The molecule has 0 saturated carbocycles. The van der Waals surface area contributed by atoms with E-state index in [1.165, 1.54) is 37.7 Å². The van der Waals surface area contributed by atoms with Crippen LogP contribution in [0, 0.1) is 0 Å². The SMILES string of the molecule is c1ccc(-c2nc(-c3ccc4c(c3)c3cc5ccccc5c5oc6cccc4c6c35)nc3ccccc23)cc1. The van der Waals surface area contributed by atoms with Crippen molar-refractivity contribution in [2.45, 2.75) is 0 Å². The Kier molecular flexibility index (Phi) is 4.05. The van der Waals surface area contributed by atoms with Gasteiger partial charge >= 0.3 is 0 Å². The van der Waals surface area contributed by atoms with Gasteiger partial charge in [-0.15, -0.1) is 0 Å². The summed E-state index contributed by atoms with van der Waals surface area (Å²) in [6, 6.07) is 42.4. The first-order valence-electron chi connectivity index (χ1n) is 13.2. The fourth-order valence-electron chi connectivity index (χ4n) is 6.25. The van der Waals surface area contributed by atoms with Gasteiger partial charge in [-0.05, 0) is 51.2 Å². The van der Waals surface area contributed by atoms with Crippen molar-refractivity contribution < 1.29 is 4.42 Å². The maximum absolute atomic E-state index is 6.50. The van der Waals surface area contributed by atoms with Gasteiger partial charge in [0.2, 0.25) is 0 Å². The molecule has 0 aliphatic rings. The lowest BCUT2D eigenvalue weighted by Gasteiger charge is -2.12. The monoisotopic (exact) mass is 496 g/mol. The molecule has 0 amide bonds. The maximum Gasteiger partial charge on any atom is 0.160 e. The smallest absolute Gasteiger partial charge is 0.160 e. The highest BCUT2D eigenvalue weighted by Crippen LogP contribution is 2.45. The Morgan fingerprint density at radius 2 is 1.26 bits per heavy atom. The van der Waals surface area contributed by atoms with E-state index in [1.54, 1.807) is 0 Å². The molecule has 0 aliphatic carbocycles. The van der Waals surface area contributed by atoms with Crippen LogP contribution in [-0.4, -0.2) is 9.97 Å². The predicted octanol–water partition coefficient (Wildman–Crippen LogP) is 9.76. The lowest BCUT2D eigenvalue weighted by Crippen LogP contribution is -1.95. The zero-order valence-electron chi connectivity index (χ0n) is 20.8. The molecule has 2 aromatic heterocycles. The van der Waals surface area contributed by atoms with E-state index in [9.17, 15) is 0 Å².